The molecular formula is C23H28N2O6S. The van der Waals surface area contributed by atoms with Gasteiger partial charge in [0, 0.05) is 24.8 Å². The van der Waals surface area contributed by atoms with Gasteiger partial charge in [0.25, 0.3) is 5.91 Å². The Balaban J connectivity index is 1.72. The Kier molecular flexibility index (Phi) is 7.52. The van der Waals surface area contributed by atoms with Gasteiger partial charge in [-0.2, -0.15) is 4.31 Å². The number of hydrogen-bond acceptors (Lipinski definition) is 6. The lowest BCUT2D eigenvalue weighted by atomic mass is 10.1. The first kappa shape index (κ1) is 23.7. The number of carbonyl (C=O) groups excluding carboxylic acids is 2. The molecule has 0 atom stereocenters. The number of nitrogens with zero attached hydrogens (tertiary/aromatic N) is 1. The molecule has 2 aromatic rings. The lowest BCUT2D eigenvalue weighted by Gasteiger charge is -2.26. The quantitative estimate of drug-likeness (QED) is 0.606. The van der Waals surface area contributed by atoms with Gasteiger partial charge in [0.1, 0.15) is 11.5 Å². The molecule has 0 saturated carbocycles. The maximum absolute atomic E-state index is 13.1. The van der Waals surface area contributed by atoms with Gasteiger partial charge in [-0.25, -0.2) is 8.42 Å². The number of piperidine rings is 1. The van der Waals surface area contributed by atoms with Crippen LogP contribution in [0.25, 0.3) is 0 Å². The van der Waals surface area contributed by atoms with Crippen LogP contribution in [-0.2, 0) is 14.8 Å². The summed E-state index contributed by atoms with van der Waals surface area (Å²) in [6.07, 6.45) is 2.72. The summed E-state index contributed by atoms with van der Waals surface area (Å²) in [5.74, 6) is 0.0578. The van der Waals surface area contributed by atoms with Crippen molar-refractivity contribution in [2.75, 3.05) is 32.1 Å². The van der Waals surface area contributed by atoms with E-state index in [4.69, 9.17) is 9.47 Å². The first-order valence-corrected chi connectivity index (χ1v) is 11.9. The van der Waals surface area contributed by atoms with Crippen molar-refractivity contribution < 1.29 is 27.5 Å². The molecule has 9 heteroatoms. The number of sulfonamides is 1. The summed E-state index contributed by atoms with van der Waals surface area (Å²) >= 11 is 0. The average molecular weight is 461 g/mol. The zero-order valence-electron chi connectivity index (χ0n) is 18.5. The van der Waals surface area contributed by atoms with Crippen molar-refractivity contribution >= 4 is 27.4 Å². The summed E-state index contributed by atoms with van der Waals surface area (Å²) in [4.78, 5) is 24.5. The number of benzene rings is 2. The SMILES string of the molecule is COc1ccc(C(C)=O)c(OCC(=O)Nc2ccc(C)c(S(=O)(=O)N3CCCCC3)c2)c1. The first-order chi connectivity index (χ1) is 15.2. The van der Waals surface area contributed by atoms with Crippen LogP contribution in [0.3, 0.4) is 0 Å². The van der Waals surface area contributed by atoms with Crippen molar-refractivity contribution in [1.82, 2.24) is 4.31 Å². The van der Waals surface area contributed by atoms with E-state index in [0.29, 0.717) is 35.7 Å². The van der Waals surface area contributed by atoms with E-state index >= 15 is 0 Å². The molecule has 1 aliphatic heterocycles. The van der Waals surface area contributed by atoms with Crippen LogP contribution in [0.5, 0.6) is 11.5 Å². The number of methoxy groups -OCH3 is 1. The second-order valence-electron chi connectivity index (χ2n) is 7.70. The molecule has 0 spiro atoms. The molecule has 1 N–H and O–H groups in total. The summed E-state index contributed by atoms with van der Waals surface area (Å²) in [5, 5.41) is 2.67. The largest absolute Gasteiger partial charge is 0.497 e. The number of aryl methyl sites for hydroxylation is 1. The normalized spacial score (nSPS) is 14.6. The minimum Gasteiger partial charge on any atom is -0.497 e. The van der Waals surface area contributed by atoms with Crippen LogP contribution >= 0.6 is 0 Å². The molecule has 0 radical (unpaired) electrons. The maximum Gasteiger partial charge on any atom is 0.262 e. The zero-order valence-corrected chi connectivity index (χ0v) is 19.3. The van der Waals surface area contributed by atoms with Gasteiger partial charge in [-0.3, -0.25) is 9.59 Å². The number of carbonyl (C=O) groups is 2. The predicted octanol–water partition coefficient (Wildman–Crippen LogP) is 3.40. The predicted molar refractivity (Wildman–Crippen MR) is 121 cm³/mol. The molecule has 3 rings (SSSR count). The molecule has 8 nitrogen and oxygen atoms in total. The minimum absolute atomic E-state index is 0.185. The zero-order chi connectivity index (χ0) is 23.3. The fourth-order valence-electron chi connectivity index (χ4n) is 3.58. The highest BCUT2D eigenvalue weighted by Gasteiger charge is 2.27. The highest BCUT2D eigenvalue weighted by Crippen LogP contribution is 2.27. The van der Waals surface area contributed by atoms with E-state index < -0.39 is 15.9 Å². The molecule has 1 amide bonds. The third-order valence-electron chi connectivity index (χ3n) is 5.33. The number of ketones is 1. The second-order valence-corrected chi connectivity index (χ2v) is 9.61. The number of rotatable bonds is 8. The van der Waals surface area contributed by atoms with Crippen LogP contribution in [0.4, 0.5) is 5.69 Å². The first-order valence-electron chi connectivity index (χ1n) is 10.4. The van der Waals surface area contributed by atoms with Gasteiger partial charge in [-0.1, -0.05) is 12.5 Å². The van der Waals surface area contributed by atoms with E-state index in [2.05, 4.69) is 5.32 Å². The van der Waals surface area contributed by atoms with Crippen molar-refractivity contribution in [3.05, 3.63) is 47.5 Å². The Labute approximate surface area is 188 Å². The van der Waals surface area contributed by atoms with Gasteiger partial charge in [0.05, 0.1) is 17.6 Å². The monoisotopic (exact) mass is 460 g/mol. The minimum atomic E-state index is -3.63. The Morgan fingerprint density at radius 1 is 1.06 bits per heavy atom. The number of Topliss-reactive ketones (excluding diaryl/α,β-unsaturated/α-hetero) is 1. The van der Waals surface area contributed by atoms with Gasteiger partial charge in [-0.05, 0) is 56.5 Å². The van der Waals surface area contributed by atoms with E-state index in [1.807, 2.05) is 0 Å². The van der Waals surface area contributed by atoms with Crippen molar-refractivity contribution in [1.29, 1.82) is 0 Å². The van der Waals surface area contributed by atoms with E-state index in [-0.39, 0.29) is 23.0 Å². The molecule has 172 valence electrons. The Morgan fingerprint density at radius 3 is 2.44 bits per heavy atom. The molecule has 1 saturated heterocycles. The maximum atomic E-state index is 13.1. The van der Waals surface area contributed by atoms with Crippen molar-refractivity contribution in [3.63, 3.8) is 0 Å². The van der Waals surface area contributed by atoms with Crippen LogP contribution in [-0.4, -0.2) is 51.2 Å². The van der Waals surface area contributed by atoms with Gasteiger partial charge < -0.3 is 14.8 Å². The summed E-state index contributed by atoms with van der Waals surface area (Å²) < 4.78 is 38.3. The van der Waals surface area contributed by atoms with E-state index in [0.717, 1.165) is 19.3 Å². The number of nitrogens with one attached hydrogen (secondary N) is 1. The van der Waals surface area contributed by atoms with Crippen LogP contribution in [0.1, 0.15) is 42.1 Å². The lowest BCUT2D eigenvalue weighted by molar-refractivity contribution is -0.118. The summed E-state index contributed by atoms with van der Waals surface area (Å²) in [6, 6.07) is 9.55. The Morgan fingerprint density at radius 2 is 1.78 bits per heavy atom. The third-order valence-corrected chi connectivity index (χ3v) is 7.37. The third kappa shape index (κ3) is 5.46. The smallest absolute Gasteiger partial charge is 0.262 e. The Hall–Kier alpha value is -2.91. The molecule has 1 heterocycles. The molecule has 1 aliphatic rings. The lowest BCUT2D eigenvalue weighted by Crippen LogP contribution is -2.36. The highest BCUT2D eigenvalue weighted by molar-refractivity contribution is 7.89. The fraction of sp³-hybridized carbons (Fsp3) is 0.391. The molecule has 1 fully saturated rings. The molecule has 0 aromatic heterocycles. The van der Waals surface area contributed by atoms with Crippen LogP contribution in [0.2, 0.25) is 0 Å². The number of ether oxygens (including phenoxy) is 2. The Bertz CT molecular complexity index is 1110. The molecule has 32 heavy (non-hydrogen) atoms. The summed E-state index contributed by atoms with van der Waals surface area (Å²) in [7, 11) is -2.14. The molecular weight excluding hydrogens is 432 g/mol. The van der Waals surface area contributed by atoms with Crippen molar-refractivity contribution in [3.8, 4) is 11.5 Å². The molecule has 0 aliphatic carbocycles. The van der Waals surface area contributed by atoms with E-state index in [1.165, 1.54) is 24.4 Å². The second kappa shape index (κ2) is 10.1. The summed E-state index contributed by atoms with van der Waals surface area (Å²) in [6.45, 7) is 3.80. The summed E-state index contributed by atoms with van der Waals surface area (Å²) in [5.41, 5.74) is 1.31. The van der Waals surface area contributed by atoms with E-state index in [9.17, 15) is 18.0 Å². The standard InChI is InChI=1S/C23H28N2O6S/c1-16-7-8-18(13-22(16)32(28,29)25-11-5-4-6-12-25)24-23(27)15-31-21-14-19(30-3)9-10-20(21)17(2)26/h7-10,13-14H,4-6,11-12,15H2,1-3H3,(H,24,27). The van der Waals surface area contributed by atoms with Gasteiger partial charge in [0.2, 0.25) is 10.0 Å². The molecule has 0 unspecified atom stereocenters. The topological polar surface area (TPSA) is 102 Å². The van der Waals surface area contributed by atoms with Crippen LogP contribution in [0.15, 0.2) is 41.3 Å². The fourth-order valence-corrected chi connectivity index (χ4v) is 5.35. The molecule has 0 bridgehead atoms. The number of hydrogen-bond donors (Lipinski definition) is 1. The number of amides is 1. The average Bonchev–Trinajstić information content (AvgIpc) is 2.79. The van der Waals surface area contributed by atoms with Crippen molar-refractivity contribution in [2.24, 2.45) is 0 Å². The number of anilines is 1. The van der Waals surface area contributed by atoms with Gasteiger partial charge in [0.15, 0.2) is 12.4 Å². The highest BCUT2D eigenvalue weighted by atomic mass is 32.2. The van der Waals surface area contributed by atoms with Crippen molar-refractivity contribution in [2.45, 2.75) is 38.0 Å². The van der Waals surface area contributed by atoms with Gasteiger partial charge in [-0.15, -0.1) is 0 Å². The molecule has 2 aromatic carbocycles. The van der Waals surface area contributed by atoms with E-state index in [1.54, 1.807) is 37.3 Å². The van der Waals surface area contributed by atoms with Gasteiger partial charge >= 0.3 is 0 Å². The van der Waals surface area contributed by atoms with Crippen LogP contribution < -0.4 is 14.8 Å². The van der Waals surface area contributed by atoms with Crippen LogP contribution in [0, 0.1) is 6.92 Å².